The van der Waals surface area contributed by atoms with Crippen molar-refractivity contribution in [2.75, 3.05) is 5.32 Å². The summed E-state index contributed by atoms with van der Waals surface area (Å²) >= 11 is 6.15. The minimum absolute atomic E-state index is 0.0344. The third kappa shape index (κ3) is 2.61. The van der Waals surface area contributed by atoms with Gasteiger partial charge in [-0.25, -0.2) is 4.79 Å². The molecule has 2 amide bonds. The van der Waals surface area contributed by atoms with Gasteiger partial charge in [0.15, 0.2) is 0 Å². The van der Waals surface area contributed by atoms with Crippen LogP contribution in [-0.2, 0) is 11.3 Å². The Morgan fingerprint density at radius 2 is 2.28 bits per heavy atom. The van der Waals surface area contributed by atoms with Gasteiger partial charge >= 0.3 is 13.1 Å². The maximum atomic E-state index is 11.6. The van der Waals surface area contributed by atoms with Crippen LogP contribution in [0.2, 0.25) is 5.02 Å². The Hall–Kier alpha value is -1.24. The maximum Gasteiger partial charge on any atom is 0.493 e. The van der Waals surface area contributed by atoms with Gasteiger partial charge < -0.3 is 20.3 Å². The molecule has 1 heterocycles. The molecule has 0 radical (unpaired) electrons. The van der Waals surface area contributed by atoms with Crippen LogP contribution < -0.4 is 16.1 Å². The summed E-state index contributed by atoms with van der Waals surface area (Å²) in [6.07, 6.45) is 0. The Balaban J connectivity index is 2.20. The van der Waals surface area contributed by atoms with Gasteiger partial charge in [-0.1, -0.05) is 17.7 Å². The van der Waals surface area contributed by atoms with Gasteiger partial charge in [0.25, 0.3) is 0 Å². The molecule has 96 valence electrons. The summed E-state index contributed by atoms with van der Waals surface area (Å²) in [5, 5.41) is 15.3. The third-order valence-corrected chi connectivity index (χ3v) is 2.99. The standard InChI is InChI=1S/C11H14BClN2O3/c1-6(2)14-11(16)15-8-4-3-7-5-18-12(17)9(7)10(8)13/h3-4,6,17H,5H2,1-2H3,(H2,14,15,16). The Morgan fingerprint density at radius 3 is 2.94 bits per heavy atom. The maximum absolute atomic E-state index is 11.6. The SMILES string of the molecule is CC(C)NC(=O)Nc1ccc2c(c1Cl)B(O)OC2. The number of benzene rings is 1. The molecule has 1 aromatic rings. The lowest BCUT2D eigenvalue weighted by molar-refractivity contribution is 0.250. The number of carbonyl (C=O) groups is 1. The minimum atomic E-state index is -1.03. The number of carbonyl (C=O) groups excluding carboxylic acids is 1. The molecule has 1 aliphatic heterocycles. The first kappa shape index (κ1) is 13.2. The molecule has 5 nitrogen and oxygen atoms in total. The molecule has 7 heteroatoms. The molecular weight excluding hydrogens is 254 g/mol. The molecule has 1 aromatic carbocycles. The van der Waals surface area contributed by atoms with Crippen molar-refractivity contribution in [3.05, 3.63) is 22.7 Å². The molecule has 0 saturated carbocycles. The summed E-state index contributed by atoms with van der Waals surface area (Å²) < 4.78 is 5.07. The Labute approximate surface area is 111 Å². The quantitative estimate of drug-likeness (QED) is 0.703. The summed E-state index contributed by atoms with van der Waals surface area (Å²) in [5.74, 6) is 0. The van der Waals surface area contributed by atoms with Gasteiger partial charge in [0, 0.05) is 11.5 Å². The number of anilines is 1. The number of rotatable bonds is 2. The second-order valence-corrected chi connectivity index (χ2v) is 4.79. The van der Waals surface area contributed by atoms with Crippen LogP contribution in [0, 0.1) is 0 Å². The summed E-state index contributed by atoms with van der Waals surface area (Å²) in [7, 11) is -1.03. The van der Waals surface area contributed by atoms with E-state index in [0.717, 1.165) is 5.56 Å². The number of nitrogens with one attached hydrogen (secondary N) is 2. The lowest BCUT2D eigenvalue weighted by Crippen LogP contribution is -2.35. The van der Waals surface area contributed by atoms with Crippen molar-refractivity contribution in [3.63, 3.8) is 0 Å². The highest BCUT2D eigenvalue weighted by Crippen LogP contribution is 2.25. The first-order valence-electron chi connectivity index (χ1n) is 5.67. The number of halogens is 1. The Kier molecular flexibility index (Phi) is 3.80. The predicted octanol–water partition coefficient (Wildman–Crippen LogP) is 1.09. The van der Waals surface area contributed by atoms with E-state index in [1.165, 1.54) is 0 Å². The zero-order valence-corrected chi connectivity index (χ0v) is 10.9. The highest BCUT2D eigenvalue weighted by molar-refractivity contribution is 6.66. The van der Waals surface area contributed by atoms with Crippen molar-refractivity contribution in [1.82, 2.24) is 5.32 Å². The van der Waals surface area contributed by atoms with E-state index in [-0.39, 0.29) is 12.1 Å². The van der Waals surface area contributed by atoms with Crippen LogP contribution in [0.3, 0.4) is 0 Å². The molecule has 18 heavy (non-hydrogen) atoms. The molecule has 0 unspecified atom stereocenters. The molecule has 1 aliphatic rings. The van der Waals surface area contributed by atoms with Crippen LogP contribution in [0.4, 0.5) is 10.5 Å². The summed E-state index contributed by atoms with van der Waals surface area (Å²) in [5.41, 5.74) is 1.82. The van der Waals surface area contributed by atoms with E-state index >= 15 is 0 Å². The minimum Gasteiger partial charge on any atom is -0.423 e. The summed E-state index contributed by atoms with van der Waals surface area (Å²) in [6, 6.07) is 3.18. The highest BCUT2D eigenvalue weighted by Gasteiger charge is 2.31. The molecular formula is C11H14BClN2O3. The van der Waals surface area contributed by atoms with Gasteiger partial charge in [-0.2, -0.15) is 0 Å². The first-order chi connectivity index (χ1) is 8.49. The van der Waals surface area contributed by atoms with Crippen molar-refractivity contribution in [2.45, 2.75) is 26.5 Å². The smallest absolute Gasteiger partial charge is 0.423 e. The van der Waals surface area contributed by atoms with E-state index in [9.17, 15) is 9.82 Å². The van der Waals surface area contributed by atoms with Gasteiger partial charge in [0.1, 0.15) is 0 Å². The van der Waals surface area contributed by atoms with Crippen LogP contribution in [-0.4, -0.2) is 24.2 Å². The average Bonchev–Trinajstić information content (AvgIpc) is 2.64. The van der Waals surface area contributed by atoms with E-state index in [1.54, 1.807) is 12.1 Å². The summed E-state index contributed by atoms with van der Waals surface area (Å²) in [4.78, 5) is 11.6. The average molecular weight is 269 g/mol. The van der Waals surface area contributed by atoms with Gasteiger partial charge in [-0.05, 0) is 25.5 Å². The number of hydrogen-bond acceptors (Lipinski definition) is 3. The fraction of sp³-hybridized carbons (Fsp3) is 0.364. The molecule has 0 fully saturated rings. The van der Waals surface area contributed by atoms with Crippen LogP contribution in [0.25, 0.3) is 0 Å². The van der Waals surface area contributed by atoms with Crippen molar-refractivity contribution in [3.8, 4) is 0 Å². The molecule has 0 spiro atoms. The van der Waals surface area contributed by atoms with Gasteiger partial charge in [-0.15, -0.1) is 0 Å². The zero-order chi connectivity index (χ0) is 13.3. The lowest BCUT2D eigenvalue weighted by atomic mass is 9.79. The van der Waals surface area contributed by atoms with Crippen LogP contribution in [0.15, 0.2) is 12.1 Å². The van der Waals surface area contributed by atoms with E-state index in [0.29, 0.717) is 22.8 Å². The predicted molar refractivity (Wildman–Crippen MR) is 71.1 cm³/mol. The third-order valence-electron chi connectivity index (χ3n) is 2.58. The van der Waals surface area contributed by atoms with E-state index in [2.05, 4.69) is 10.6 Å². The second-order valence-electron chi connectivity index (χ2n) is 4.42. The van der Waals surface area contributed by atoms with E-state index in [1.807, 2.05) is 13.8 Å². The molecule has 3 N–H and O–H groups in total. The van der Waals surface area contributed by atoms with E-state index in [4.69, 9.17) is 16.3 Å². The van der Waals surface area contributed by atoms with Gasteiger partial charge in [-0.3, -0.25) is 0 Å². The number of amides is 2. The highest BCUT2D eigenvalue weighted by atomic mass is 35.5. The Morgan fingerprint density at radius 1 is 1.56 bits per heavy atom. The van der Waals surface area contributed by atoms with Crippen molar-refractivity contribution < 1.29 is 14.5 Å². The molecule has 0 saturated heterocycles. The fourth-order valence-corrected chi connectivity index (χ4v) is 2.12. The molecule has 0 aliphatic carbocycles. The molecule has 0 atom stereocenters. The largest absolute Gasteiger partial charge is 0.493 e. The summed E-state index contributed by atoms with van der Waals surface area (Å²) in [6.45, 7) is 4.05. The van der Waals surface area contributed by atoms with Crippen molar-refractivity contribution >= 4 is 35.9 Å². The molecule has 2 rings (SSSR count). The van der Waals surface area contributed by atoms with Crippen molar-refractivity contribution in [2.24, 2.45) is 0 Å². The molecule has 0 bridgehead atoms. The second kappa shape index (κ2) is 5.18. The van der Waals surface area contributed by atoms with Gasteiger partial charge in [0.2, 0.25) is 0 Å². The Bertz CT molecular complexity index is 482. The zero-order valence-electron chi connectivity index (χ0n) is 10.2. The van der Waals surface area contributed by atoms with E-state index < -0.39 is 7.12 Å². The number of fused-ring (bicyclic) bond motifs is 1. The molecule has 0 aromatic heterocycles. The lowest BCUT2D eigenvalue weighted by Gasteiger charge is -2.13. The number of urea groups is 1. The fourth-order valence-electron chi connectivity index (χ4n) is 1.79. The van der Waals surface area contributed by atoms with Crippen LogP contribution >= 0.6 is 11.6 Å². The first-order valence-corrected chi connectivity index (χ1v) is 6.05. The normalized spacial score (nSPS) is 13.7. The number of hydrogen-bond donors (Lipinski definition) is 3. The van der Waals surface area contributed by atoms with Crippen LogP contribution in [0.1, 0.15) is 19.4 Å². The van der Waals surface area contributed by atoms with Crippen LogP contribution in [0.5, 0.6) is 0 Å². The monoisotopic (exact) mass is 268 g/mol. The van der Waals surface area contributed by atoms with Gasteiger partial charge in [0.05, 0.1) is 17.3 Å². The topological polar surface area (TPSA) is 70.6 Å². The van der Waals surface area contributed by atoms with Crippen molar-refractivity contribution in [1.29, 1.82) is 0 Å².